The second-order valence-electron chi connectivity index (χ2n) is 3.36. The van der Waals surface area contributed by atoms with Gasteiger partial charge in [-0.05, 0) is 26.0 Å². The van der Waals surface area contributed by atoms with Crippen LogP contribution in [-0.4, -0.2) is 18.5 Å². The lowest BCUT2D eigenvalue weighted by Gasteiger charge is -2.16. The molecular formula is C11H14ClFN2O. The second-order valence-corrected chi connectivity index (χ2v) is 3.76. The average molecular weight is 245 g/mol. The van der Waals surface area contributed by atoms with Crippen molar-refractivity contribution >= 4 is 23.2 Å². The maximum atomic E-state index is 13.4. The highest BCUT2D eigenvalue weighted by Crippen LogP contribution is 2.25. The minimum Gasteiger partial charge on any atom is -0.370 e. The summed E-state index contributed by atoms with van der Waals surface area (Å²) in [6.07, 6.45) is 0. The lowest BCUT2D eigenvalue weighted by Crippen LogP contribution is -2.37. The van der Waals surface area contributed by atoms with Gasteiger partial charge in [0.15, 0.2) is 0 Å². The van der Waals surface area contributed by atoms with E-state index in [4.69, 9.17) is 11.6 Å². The highest BCUT2D eigenvalue weighted by molar-refractivity contribution is 6.33. The Hall–Kier alpha value is -1.29. The van der Waals surface area contributed by atoms with Crippen LogP contribution in [0, 0.1) is 5.82 Å². The maximum absolute atomic E-state index is 13.4. The lowest BCUT2D eigenvalue weighted by atomic mass is 10.2. The number of anilines is 1. The van der Waals surface area contributed by atoms with E-state index in [1.54, 1.807) is 13.0 Å². The van der Waals surface area contributed by atoms with Crippen molar-refractivity contribution in [2.24, 2.45) is 0 Å². The van der Waals surface area contributed by atoms with Crippen LogP contribution in [-0.2, 0) is 4.79 Å². The molecule has 16 heavy (non-hydrogen) atoms. The Balaban J connectivity index is 2.76. The molecule has 0 heterocycles. The number of amides is 1. The number of halogens is 2. The van der Waals surface area contributed by atoms with Gasteiger partial charge in [0.2, 0.25) is 5.91 Å². The van der Waals surface area contributed by atoms with Crippen LogP contribution in [0.2, 0.25) is 5.02 Å². The fourth-order valence-corrected chi connectivity index (χ4v) is 1.46. The summed E-state index contributed by atoms with van der Waals surface area (Å²) >= 11 is 5.82. The van der Waals surface area contributed by atoms with Gasteiger partial charge in [-0.15, -0.1) is 0 Å². The average Bonchev–Trinajstić information content (AvgIpc) is 2.23. The van der Waals surface area contributed by atoms with E-state index in [1.165, 1.54) is 12.1 Å². The first kappa shape index (κ1) is 12.8. The molecule has 5 heteroatoms. The minimum absolute atomic E-state index is 0.155. The maximum Gasteiger partial charge on any atom is 0.242 e. The molecule has 1 amide bonds. The molecule has 1 unspecified atom stereocenters. The van der Waals surface area contributed by atoms with Crippen LogP contribution in [0.4, 0.5) is 10.1 Å². The zero-order chi connectivity index (χ0) is 12.1. The summed E-state index contributed by atoms with van der Waals surface area (Å²) in [6.45, 7) is 4.00. The molecule has 0 spiro atoms. The highest BCUT2D eigenvalue weighted by atomic mass is 35.5. The summed E-state index contributed by atoms with van der Waals surface area (Å²) in [6, 6.07) is 3.84. The molecule has 1 atom stereocenters. The van der Waals surface area contributed by atoms with E-state index in [2.05, 4.69) is 10.6 Å². The number of carbonyl (C=O) groups is 1. The summed E-state index contributed by atoms with van der Waals surface area (Å²) in [5.41, 5.74) is 0.155. The van der Waals surface area contributed by atoms with Gasteiger partial charge in [-0.2, -0.15) is 0 Å². The number of hydrogen-bond donors (Lipinski definition) is 2. The van der Waals surface area contributed by atoms with Crippen LogP contribution in [0.5, 0.6) is 0 Å². The molecular weight excluding hydrogens is 231 g/mol. The van der Waals surface area contributed by atoms with E-state index in [0.717, 1.165) is 0 Å². The van der Waals surface area contributed by atoms with Gasteiger partial charge in [-0.3, -0.25) is 4.79 Å². The second kappa shape index (κ2) is 5.70. The first-order valence-electron chi connectivity index (χ1n) is 5.04. The van der Waals surface area contributed by atoms with E-state index < -0.39 is 11.9 Å². The molecule has 0 aliphatic rings. The van der Waals surface area contributed by atoms with Crippen molar-refractivity contribution in [2.45, 2.75) is 19.9 Å². The monoisotopic (exact) mass is 244 g/mol. The van der Waals surface area contributed by atoms with Crippen LogP contribution < -0.4 is 10.6 Å². The van der Waals surface area contributed by atoms with E-state index >= 15 is 0 Å². The van der Waals surface area contributed by atoms with E-state index in [9.17, 15) is 9.18 Å². The summed E-state index contributed by atoms with van der Waals surface area (Å²) in [5.74, 6) is -0.662. The zero-order valence-corrected chi connectivity index (χ0v) is 9.94. The molecule has 0 saturated heterocycles. The molecule has 0 fully saturated rings. The summed E-state index contributed by atoms with van der Waals surface area (Å²) in [5, 5.41) is 5.64. The van der Waals surface area contributed by atoms with Gasteiger partial charge >= 0.3 is 0 Å². The van der Waals surface area contributed by atoms with Crippen molar-refractivity contribution in [1.29, 1.82) is 0 Å². The quantitative estimate of drug-likeness (QED) is 0.854. The van der Waals surface area contributed by atoms with E-state index in [0.29, 0.717) is 6.54 Å². The number of carbonyl (C=O) groups excluding carboxylic acids is 1. The van der Waals surface area contributed by atoms with Gasteiger partial charge in [0.1, 0.15) is 11.9 Å². The Morgan fingerprint density at radius 1 is 1.56 bits per heavy atom. The summed E-state index contributed by atoms with van der Waals surface area (Å²) in [7, 11) is 0. The fraction of sp³-hybridized carbons (Fsp3) is 0.364. The van der Waals surface area contributed by atoms with Gasteiger partial charge in [0, 0.05) is 6.54 Å². The first-order chi connectivity index (χ1) is 7.56. The highest BCUT2D eigenvalue weighted by Gasteiger charge is 2.15. The standard InChI is InChI=1S/C11H14ClFN2O/c1-3-14-11(16)7(2)15-10-8(12)5-4-6-9(10)13/h4-7,15H,3H2,1-2H3,(H,14,16). The zero-order valence-electron chi connectivity index (χ0n) is 9.18. The van der Waals surface area contributed by atoms with Crippen molar-refractivity contribution in [3.63, 3.8) is 0 Å². The van der Waals surface area contributed by atoms with E-state index in [1.807, 2.05) is 6.92 Å². The molecule has 1 aromatic rings. The Labute approximate surface area is 99.0 Å². The topological polar surface area (TPSA) is 41.1 Å². The van der Waals surface area contributed by atoms with Crippen molar-refractivity contribution in [1.82, 2.24) is 5.32 Å². The minimum atomic E-state index is -0.533. The Kier molecular flexibility index (Phi) is 4.55. The third-order valence-corrected chi connectivity index (χ3v) is 2.38. The number of para-hydroxylation sites is 1. The van der Waals surface area contributed by atoms with Crippen LogP contribution in [0.1, 0.15) is 13.8 Å². The first-order valence-corrected chi connectivity index (χ1v) is 5.42. The van der Waals surface area contributed by atoms with E-state index in [-0.39, 0.29) is 16.6 Å². The predicted octanol–water partition coefficient (Wildman–Crippen LogP) is 2.42. The molecule has 3 nitrogen and oxygen atoms in total. The molecule has 0 aliphatic heterocycles. The number of rotatable bonds is 4. The Bertz CT molecular complexity index is 364. The van der Waals surface area contributed by atoms with Gasteiger partial charge in [-0.25, -0.2) is 4.39 Å². The summed E-state index contributed by atoms with van der Waals surface area (Å²) < 4.78 is 13.4. The molecule has 0 bridgehead atoms. The lowest BCUT2D eigenvalue weighted by molar-refractivity contribution is -0.121. The number of likely N-dealkylation sites (N-methyl/N-ethyl adjacent to an activating group) is 1. The third-order valence-electron chi connectivity index (χ3n) is 2.07. The van der Waals surface area contributed by atoms with Crippen LogP contribution in [0.15, 0.2) is 18.2 Å². The molecule has 0 saturated carbocycles. The molecule has 2 N–H and O–H groups in total. The van der Waals surface area contributed by atoms with Gasteiger partial charge in [0.05, 0.1) is 10.7 Å². The summed E-state index contributed by atoms with van der Waals surface area (Å²) in [4.78, 5) is 11.4. The molecule has 0 radical (unpaired) electrons. The fourth-order valence-electron chi connectivity index (χ4n) is 1.25. The largest absolute Gasteiger partial charge is 0.370 e. The van der Waals surface area contributed by atoms with Crippen LogP contribution in [0.3, 0.4) is 0 Å². The van der Waals surface area contributed by atoms with Crippen molar-refractivity contribution in [3.8, 4) is 0 Å². The van der Waals surface area contributed by atoms with Gasteiger partial charge in [-0.1, -0.05) is 17.7 Å². The van der Waals surface area contributed by atoms with Crippen molar-refractivity contribution in [2.75, 3.05) is 11.9 Å². The number of hydrogen-bond acceptors (Lipinski definition) is 2. The normalized spacial score (nSPS) is 12.0. The molecule has 0 aromatic heterocycles. The predicted molar refractivity (Wildman–Crippen MR) is 63.2 cm³/mol. The molecule has 88 valence electrons. The third kappa shape index (κ3) is 3.10. The van der Waals surface area contributed by atoms with Crippen LogP contribution >= 0.6 is 11.6 Å². The van der Waals surface area contributed by atoms with Crippen molar-refractivity contribution < 1.29 is 9.18 Å². The smallest absolute Gasteiger partial charge is 0.242 e. The Morgan fingerprint density at radius 2 is 2.25 bits per heavy atom. The number of nitrogens with one attached hydrogen (secondary N) is 2. The van der Waals surface area contributed by atoms with Gasteiger partial charge < -0.3 is 10.6 Å². The molecule has 1 rings (SSSR count). The Morgan fingerprint density at radius 3 is 2.81 bits per heavy atom. The SMILES string of the molecule is CCNC(=O)C(C)Nc1c(F)cccc1Cl. The van der Waals surface area contributed by atoms with Crippen LogP contribution in [0.25, 0.3) is 0 Å². The molecule has 1 aromatic carbocycles. The number of benzene rings is 1. The molecule has 0 aliphatic carbocycles. The van der Waals surface area contributed by atoms with Gasteiger partial charge in [0.25, 0.3) is 0 Å². The van der Waals surface area contributed by atoms with Crippen molar-refractivity contribution in [3.05, 3.63) is 29.0 Å².